The third-order valence-corrected chi connectivity index (χ3v) is 2.14. The van der Waals surface area contributed by atoms with Gasteiger partial charge in [0, 0.05) is 12.6 Å². The summed E-state index contributed by atoms with van der Waals surface area (Å²) in [6.45, 7) is -0.199. The minimum atomic E-state index is -1.25. The van der Waals surface area contributed by atoms with Gasteiger partial charge < -0.3 is 20.3 Å². The summed E-state index contributed by atoms with van der Waals surface area (Å²) in [5.74, 6) is -2.36. The molecule has 1 unspecified atom stereocenters. The number of aliphatic hydroxyl groups is 1. The molecule has 3 N–H and O–H groups in total. The number of hydrogen-bond donors (Lipinski definition) is 2. The minimum Gasteiger partial charge on any atom is -0.493 e. The molecule has 0 radical (unpaired) electrons. The van der Waals surface area contributed by atoms with Crippen molar-refractivity contribution in [3.05, 3.63) is 23.3 Å². The van der Waals surface area contributed by atoms with Crippen molar-refractivity contribution >= 4 is 0 Å². The zero-order valence-corrected chi connectivity index (χ0v) is 8.96. The van der Waals surface area contributed by atoms with Gasteiger partial charge in [0.1, 0.15) is 0 Å². The van der Waals surface area contributed by atoms with Crippen molar-refractivity contribution < 1.29 is 23.4 Å². The van der Waals surface area contributed by atoms with E-state index < -0.39 is 17.7 Å². The Morgan fingerprint density at radius 3 is 2.00 bits per heavy atom. The summed E-state index contributed by atoms with van der Waals surface area (Å²) >= 11 is 0. The SMILES string of the molecule is COc1c(F)cc(F)c(OC)c1C(O)CN. The largest absolute Gasteiger partial charge is 0.493 e. The first kappa shape index (κ1) is 12.7. The van der Waals surface area contributed by atoms with Crippen molar-refractivity contribution in [3.8, 4) is 11.5 Å². The minimum absolute atomic E-state index is 0.120. The highest BCUT2D eigenvalue weighted by Gasteiger charge is 2.24. The van der Waals surface area contributed by atoms with Gasteiger partial charge in [0.2, 0.25) is 0 Å². The van der Waals surface area contributed by atoms with E-state index in [1.807, 2.05) is 0 Å². The molecule has 1 atom stereocenters. The molecule has 0 heterocycles. The molecular weight excluding hydrogens is 220 g/mol. The third-order valence-electron chi connectivity index (χ3n) is 2.14. The number of hydrogen-bond acceptors (Lipinski definition) is 4. The maximum absolute atomic E-state index is 13.4. The molecule has 0 spiro atoms. The van der Waals surface area contributed by atoms with Crippen molar-refractivity contribution in [1.82, 2.24) is 0 Å². The van der Waals surface area contributed by atoms with Crippen LogP contribution in [0.25, 0.3) is 0 Å². The van der Waals surface area contributed by atoms with Gasteiger partial charge in [-0.05, 0) is 0 Å². The van der Waals surface area contributed by atoms with Crippen LogP contribution in [0.3, 0.4) is 0 Å². The average Bonchev–Trinajstić information content (AvgIpc) is 2.27. The number of aliphatic hydroxyl groups excluding tert-OH is 1. The van der Waals surface area contributed by atoms with E-state index in [0.29, 0.717) is 6.07 Å². The van der Waals surface area contributed by atoms with Gasteiger partial charge in [0.05, 0.1) is 25.9 Å². The molecular formula is C10H13F2NO3. The molecule has 0 amide bonds. The molecule has 0 aliphatic heterocycles. The number of halogens is 2. The molecule has 0 bridgehead atoms. The second-order valence-corrected chi connectivity index (χ2v) is 3.07. The Bertz CT molecular complexity index is 357. The Hall–Kier alpha value is -1.40. The molecule has 1 aromatic carbocycles. The molecule has 1 rings (SSSR count). The van der Waals surface area contributed by atoms with Gasteiger partial charge in [-0.25, -0.2) is 8.78 Å². The third kappa shape index (κ3) is 2.07. The van der Waals surface area contributed by atoms with Crippen LogP contribution in [0.4, 0.5) is 8.78 Å². The summed E-state index contributed by atoms with van der Waals surface area (Å²) in [5.41, 5.74) is 5.13. The summed E-state index contributed by atoms with van der Waals surface area (Å²) in [6.07, 6.45) is -1.25. The van der Waals surface area contributed by atoms with Crippen LogP contribution in [-0.4, -0.2) is 25.9 Å². The fourth-order valence-corrected chi connectivity index (χ4v) is 1.44. The maximum atomic E-state index is 13.4. The van der Waals surface area contributed by atoms with Gasteiger partial charge >= 0.3 is 0 Å². The number of benzene rings is 1. The molecule has 0 aliphatic rings. The summed E-state index contributed by atoms with van der Waals surface area (Å²) in [5, 5.41) is 9.58. The van der Waals surface area contributed by atoms with Crippen LogP contribution in [0.15, 0.2) is 6.07 Å². The molecule has 4 nitrogen and oxygen atoms in total. The fraction of sp³-hybridized carbons (Fsp3) is 0.400. The summed E-state index contributed by atoms with van der Waals surface area (Å²) < 4.78 is 36.2. The molecule has 6 heteroatoms. The molecule has 0 saturated heterocycles. The van der Waals surface area contributed by atoms with E-state index in [2.05, 4.69) is 0 Å². The first-order valence-corrected chi connectivity index (χ1v) is 4.54. The van der Waals surface area contributed by atoms with Gasteiger partial charge in [0.25, 0.3) is 0 Å². The zero-order valence-electron chi connectivity index (χ0n) is 8.96. The molecule has 0 aromatic heterocycles. The summed E-state index contributed by atoms with van der Waals surface area (Å²) in [7, 11) is 2.42. The van der Waals surface area contributed by atoms with Gasteiger partial charge in [-0.3, -0.25) is 0 Å². The van der Waals surface area contributed by atoms with Crippen LogP contribution in [0.2, 0.25) is 0 Å². The average molecular weight is 233 g/mol. The molecule has 16 heavy (non-hydrogen) atoms. The molecule has 0 saturated carbocycles. The lowest BCUT2D eigenvalue weighted by atomic mass is 10.1. The Labute approximate surface area is 91.6 Å². The van der Waals surface area contributed by atoms with Crippen LogP contribution >= 0.6 is 0 Å². The van der Waals surface area contributed by atoms with Crippen LogP contribution in [0.1, 0.15) is 11.7 Å². The van der Waals surface area contributed by atoms with E-state index in [0.717, 1.165) is 0 Å². The first-order chi connectivity index (χ1) is 7.56. The van der Waals surface area contributed by atoms with Gasteiger partial charge in [-0.15, -0.1) is 0 Å². The predicted octanol–water partition coefficient (Wildman–Crippen LogP) is 0.974. The van der Waals surface area contributed by atoms with Crippen molar-refractivity contribution in [2.24, 2.45) is 5.73 Å². The van der Waals surface area contributed by atoms with E-state index >= 15 is 0 Å². The summed E-state index contributed by atoms with van der Waals surface area (Å²) in [6, 6.07) is 0.629. The Kier molecular flexibility index (Phi) is 4.03. The van der Waals surface area contributed by atoms with Crippen LogP contribution in [0, 0.1) is 11.6 Å². The number of rotatable bonds is 4. The lowest BCUT2D eigenvalue weighted by molar-refractivity contribution is 0.174. The second-order valence-electron chi connectivity index (χ2n) is 3.07. The fourth-order valence-electron chi connectivity index (χ4n) is 1.44. The highest BCUT2D eigenvalue weighted by Crippen LogP contribution is 2.37. The smallest absolute Gasteiger partial charge is 0.168 e. The lowest BCUT2D eigenvalue weighted by Crippen LogP contribution is -2.15. The Morgan fingerprint density at radius 2 is 1.69 bits per heavy atom. The quantitative estimate of drug-likeness (QED) is 0.813. The summed E-state index contributed by atoms with van der Waals surface area (Å²) in [4.78, 5) is 0. The second kappa shape index (κ2) is 5.09. The first-order valence-electron chi connectivity index (χ1n) is 4.54. The topological polar surface area (TPSA) is 64.7 Å². The van der Waals surface area contributed by atoms with Gasteiger partial charge in [0.15, 0.2) is 23.1 Å². The van der Waals surface area contributed by atoms with E-state index in [9.17, 15) is 13.9 Å². The van der Waals surface area contributed by atoms with Gasteiger partial charge in [-0.2, -0.15) is 0 Å². The number of methoxy groups -OCH3 is 2. The highest BCUT2D eigenvalue weighted by atomic mass is 19.1. The monoisotopic (exact) mass is 233 g/mol. The predicted molar refractivity (Wildman–Crippen MR) is 53.5 cm³/mol. The van der Waals surface area contributed by atoms with E-state index in [1.165, 1.54) is 14.2 Å². The highest BCUT2D eigenvalue weighted by molar-refractivity contribution is 5.48. The normalized spacial score (nSPS) is 12.4. The lowest BCUT2D eigenvalue weighted by Gasteiger charge is -2.17. The standard InChI is InChI=1S/C10H13F2NO3/c1-15-9-5(11)3-6(12)10(16-2)8(9)7(14)4-13/h3,7,14H,4,13H2,1-2H3. The molecule has 1 aromatic rings. The van der Waals surface area contributed by atoms with Crippen molar-refractivity contribution in [2.75, 3.05) is 20.8 Å². The van der Waals surface area contributed by atoms with Crippen molar-refractivity contribution in [3.63, 3.8) is 0 Å². The van der Waals surface area contributed by atoms with E-state index in [-0.39, 0.29) is 23.6 Å². The van der Waals surface area contributed by atoms with E-state index in [4.69, 9.17) is 15.2 Å². The van der Waals surface area contributed by atoms with Crippen molar-refractivity contribution in [1.29, 1.82) is 0 Å². The maximum Gasteiger partial charge on any atom is 0.168 e. The number of ether oxygens (including phenoxy) is 2. The van der Waals surface area contributed by atoms with Gasteiger partial charge in [-0.1, -0.05) is 0 Å². The zero-order chi connectivity index (χ0) is 12.3. The Morgan fingerprint density at radius 1 is 1.25 bits per heavy atom. The van der Waals surface area contributed by atoms with Crippen LogP contribution < -0.4 is 15.2 Å². The molecule has 0 fully saturated rings. The van der Waals surface area contributed by atoms with E-state index in [1.54, 1.807) is 0 Å². The Balaban J connectivity index is 3.48. The molecule has 90 valence electrons. The van der Waals surface area contributed by atoms with Crippen molar-refractivity contribution in [2.45, 2.75) is 6.10 Å². The van der Waals surface area contributed by atoms with Crippen LogP contribution in [0.5, 0.6) is 11.5 Å². The molecule has 0 aliphatic carbocycles. The number of nitrogens with two attached hydrogens (primary N) is 1. The van der Waals surface area contributed by atoms with Crippen LogP contribution in [-0.2, 0) is 0 Å².